The molecule has 0 saturated carbocycles. The number of rotatable bonds is 4. The first-order chi connectivity index (χ1) is 13.7. The third-order valence-electron chi connectivity index (χ3n) is 4.42. The van der Waals surface area contributed by atoms with Crippen LogP contribution in [-0.4, -0.2) is 37.1 Å². The van der Waals surface area contributed by atoms with E-state index in [4.69, 9.17) is 5.11 Å². The van der Waals surface area contributed by atoms with Gasteiger partial charge in [0.15, 0.2) is 0 Å². The summed E-state index contributed by atoms with van der Waals surface area (Å²) in [6.45, 7) is 3.75. The van der Waals surface area contributed by atoms with Gasteiger partial charge in [-0.3, -0.25) is 14.8 Å². The van der Waals surface area contributed by atoms with Crippen LogP contribution in [0.3, 0.4) is 0 Å². The van der Waals surface area contributed by atoms with Crippen LogP contribution in [0.15, 0.2) is 51.0 Å². The van der Waals surface area contributed by atoms with Gasteiger partial charge in [-0.05, 0) is 49.2 Å². The van der Waals surface area contributed by atoms with Crippen LogP contribution >= 0.6 is 0 Å². The number of aryl methyl sites for hydroxylation is 2. The molecule has 2 aromatic carbocycles. The van der Waals surface area contributed by atoms with E-state index in [0.29, 0.717) is 5.69 Å². The predicted octanol–water partition coefficient (Wildman–Crippen LogP) is 2.00. The van der Waals surface area contributed by atoms with Crippen molar-refractivity contribution in [2.24, 2.45) is 4.99 Å². The Hall–Kier alpha value is -4.14. The van der Waals surface area contributed by atoms with Crippen molar-refractivity contribution >= 4 is 17.9 Å². The second kappa shape index (κ2) is 7.47. The van der Waals surface area contributed by atoms with Crippen molar-refractivity contribution in [1.82, 2.24) is 9.55 Å². The maximum absolute atomic E-state index is 12.2. The van der Waals surface area contributed by atoms with Crippen LogP contribution in [0.2, 0.25) is 0 Å². The first-order valence-electron chi connectivity index (χ1n) is 8.45. The quantitative estimate of drug-likeness (QED) is 0.497. The summed E-state index contributed by atoms with van der Waals surface area (Å²) in [6.07, 6.45) is 1.03. The molecular weight excluding hydrogens is 378 g/mol. The summed E-state index contributed by atoms with van der Waals surface area (Å²) >= 11 is 0. The molecule has 1 aromatic heterocycles. The molecule has 0 aliphatic heterocycles. The first kappa shape index (κ1) is 19.6. The van der Waals surface area contributed by atoms with E-state index in [1.54, 1.807) is 18.2 Å². The van der Waals surface area contributed by atoms with E-state index in [2.05, 4.69) is 9.98 Å². The number of carbonyl (C=O) groups is 1. The lowest BCUT2D eigenvalue weighted by Gasteiger charge is -2.11. The molecule has 1 heterocycles. The van der Waals surface area contributed by atoms with Crippen molar-refractivity contribution in [3.63, 3.8) is 0 Å². The number of carboxylic acids is 1. The Morgan fingerprint density at radius 2 is 1.79 bits per heavy atom. The lowest BCUT2D eigenvalue weighted by atomic mass is 10.1. The van der Waals surface area contributed by atoms with Crippen molar-refractivity contribution in [1.29, 1.82) is 0 Å². The monoisotopic (exact) mass is 395 g/mol. The van der Waals surface area contributed by atoms with Crippen molar-refractivity contribution < 1.29 is 20.1 Å². The maximum atomic E-state index is 12.2. The maximum Gasteiger partial charge on any atom is 0.339 e. The van der Waals surface area contributed by atoms with Gasteiger partial charge >= 0.3 is 11.7 Å². The third kappa shape index (κ3) is 3.79. The number of hydrogen-bond donors (Lipinski definition) is 4. The van der Waals surface area contributed by atoms with E-state index >= 15 is 0 Å². The molecule has 0 saturated heterocycles. The highest BCUT2D eigenvalue weighted by Gasteiger charge is 2.15. The minimum absolute atomic E-state index is 0.148. The highest BCUT2D eigenvalue weighted by molar-refractivity contribution is 5.91. The van der Waals surface area contributed by atoms with Gasteiger partial charge in [-0.1, -0.05) is 6.07 Å². The van der Waals surface area contributed by atoms with Crippen molar-refractivity contribution in [3.8, 4) is 17.3 Å². The molecular formula is C20H17N3O6. The summed E-state index contributed by atoms with van der Waals surface area (Å²) in [7, 11) is 0. The lowest BCUT2D eigenvalue weighted by molar-refractivity contribution is 0.0694. The Morgan fingerprint density at radius 1 is 1.07 bits per heavy atom. The summed E-state index contributed by atoms with van der Waals surface area (Å²) in [4.78, 5) is 41.4. The molecule has 0 atom stereocenters. The minimum atomic E-state index is -1.30. The van der Waals surface area contributed by atoms with Gasteiger partial charge in [0.25, 0.3) is 5.56 Å². The van der Waals surface area contributed by atoms with Crippen molar-refractivity contribution in [2.75, 3.05) is 0 Å². The van der Waals surface area contributed by atoms with E-state index < -0.39 is 28.8 Å². The van der Waals surface area contributed by atoms with Crippen LogP contribution in [0.5, 0.6) is 11.6 Å². The zero-order valence-corrected chi connectivity index (χ0v) is 15.5. The number of nitrogens with zero attached hydrogens (tertiary/aromatic N) is 2. The molecule has 0 unspecified atom stereocenters. The summed E-state index contributed by atoms with van der Waals surface area (Å²) in [5.74, 6) is -2.39. The molecule has 9 nitrogen and oxygen atoms in total. The summed E-state index contributed by atoms with van der Waals surface area (Å²) in [6, 6.07) is 8.69. The molecule has 0 spiro atoms. The number of aliphatic imine (C=N–C) groups is 1. The van der Waals surface area contributed by atoms with Gasteiger partial charge in [-0.25, -0.2) is 14.2 Å². The van der Waals surface area contributed by atoms with Gasteiger partial charge in [-0.2, -0.15) is 0 Å². The van der Waals surface area contributed by atoms with Gasteiger partial charge in [0.2, 0.25) is 5.88 Å². The smallest absolute Gasteiger partial charge is 0.339 e. The van der Waals surface area contributed by atoms with E-state index in [0.717, 1.165) is 34.0 Å². The van der Waals surface area contributed by atoms with E-state index in [-0.39, 0.29) is 16.8 Å². The van der Waals surface area contributed by atoms with Gasteiger partial charge < -0.3 is 15.3 Å². The van der Waals surface area contributed by atoms with Crippen LogP contribution in [0.1, 0.15) is 27.0 Å². The molecule has 29 heavy (non-hydrogen) atoms. The van der Waals surface area contributed by atoms with Crippen LogP contribution < -0.4 is 11.2 Å². The molecule has 0 fully saturated rings. The largest absolute Gasteiger partial charge is 0.507 e. The van der Waals surface area contributed by atoms with Crippen LogP contribution in [-0.2, 0) is 0 Å². The van der Waals surface area contributed by atoms with Crippen molar-refractivity contribution in [3.05, 3.63) is 79.5 Å². The van der Waals surface area contributed by atoms with Crippen LogP contribution in [0.4, 0.5) is 5.69 Å². The Bertz CT molecular complexity index is 1270. The molecule has 0 bridgehead atoms. The van der Waals surface area contributed by atoms with Gasteiger partial charge in [0, 0.05) is 12.3 Å². The highest BCUT2D eigenvalue weighted by atomic mass is 16.4. The minimum Gasteiger partial charge on any atom is -0.507 e. The number of benzene rings is 2. The molecule has 0 aliphatic carbocycles. The van der Waals surface area contributed by atoms with Crippen LogP contribution in [0.25, 0.3) is 5.69 Å². The molecule has 0 radical (unpaired) electrons. The number of aromatic nitrogens is 2. The Kier molecular flexibility index (Phi) is 5.05. The fourth-order valence-corrected chi connectivity index (χ4v) is 2.68. The number of aromatic hydroxyl groups is 2. The highest BCUT2D eigenvalue weighted by Crippen LogP contribution is 2.24. The lowest BCUT2D eigenvalue weighted by Crippen LogP contribution is -2.31. The standard InChI is InChI=1S/C20H17N3O6/c1-10-3-5-13(7-11(10)2)23-18(26)15(17(25)22-20(23)29)9-21-12-4-6-14(19(27)28)16(24)8-12/h3-9,24,26H,1-2H3,(H,27,28)(H,22,25,29). The Labute approximate surface area is 163 Å². The number of aromatic carboxylic acids is 1. The topological polar surface area (TPSA) is 145 Å². The molecule has 0 aliphatic rings. The summed E-state index contributed by atoms with van der Waals surface area (Å²) < 4.78 is 0.945. The van der Waals surface area contributed by atoms with E-state index in [1.165, 1.54) is 6.07 Å². The number of hydrogen-bond acceptors (Lipinski definition) is 6. The van der Waals surface area contributed by atoms with E-state index in [9.17, 15) is 24.6 Å². The molecule has 4 N–H and O–H groups in total. The Balaban J connectivity index is 2.09. The summed E-state index contributed by atoms with van der Waals surface area (Å²) in [5.41, 5.74) is 0.179. The molecule has 3 rings (SSSR count). The number of aromatic amines is 1. The predicted molar refractivity (Wildman–Crippen MR) is 106 cm³/mol. The molecule has 0 amide bonds. The van der Waals surface area contributed by atoms with Crippen molar-refractivity contribution in [2.45, 2.75) is 13.8 Å². The van der Waals surface area contributed by atoms with E-state index in [1.807, 2.05) is 13.8 Å². The number of phenols is 1. The fraction of sp³-hybridized carbons (Fsp3) is 0.100. The average Bonchev–Trinajstić information content (AvgIpc) is 2.64. The Morgan fingerprint density at radius 3 is 2.41 bits per heavy atom. The fourth-order valence-electron chi connectivity index (χ4n) is 2.68. The summed E-state index contributed by atoms with van der Waals surface area (Å²) in [5, 5.41) is 29.2. The zero-order chi connectivity index (χ0) is 21.3. The zero-order valence-electron chi connectivity index (χ0n) is 15.5. The van der Waals surface area contributed by atoms with Gasteiger partial charge in [0.1, 0.15) is 16.9 Å². The first-order valence-corrected chi connectivity index (χ1v) is 8.45. The molecule has 9 heteroatoms. The molecule has 3 aromatic rings. The average molecular weight is 395 g/mol. The number of H-pyrrole nitrogens is 1. The second-order valence-corrected chi connectivity index (χ2v) is 6.37. The SMILES string of the molecule is Cc1ccc(-n2c(O)c(C=Nc3ccc(C(=O)O)c(O)c3)c(=O)[nH]c2=O)cc1C. The number of carboxylic acid groups (broad SMARTS) is 1. The second-order valence-electron chi connectivity index (χ2n) is 6.37. The van der Waals surface area contributed by atoms with Crippen LogP contribution in [0, 0.1) is 13.8 Å². The normalized spacial score (nSPS) is 11.1. The van der Waals surface area contributed by atoms with Gasteiger partial charge in [-0.15, -0.1) is 0 Å². The third-order valence-corrected chi connectivity index (χ3v) is 4.42. The van der Waals surface area contributed by atoms with Gasteiger partial charge in [0.05, 0.1) is 11.4 Å². The number of nitrogens with one attached hydrogen (secondary N) is 1. The molecule has 148 valence electrons.